The molecule has 0 unspecified atom stereocenters. The molecule has 0 aliphatic carbocycles. The molecule has 0 atom stereocenters. The monoisotopic (exact) mass is 277 g/mol. The number of carboxylic acids is 1. The van der Waals surface area contributed by atoms with E-state index in [2.05, 4.69) is 10.3 Å². The van der Waals surface area contributed by atoms with Gasteiger partial charge < -0.3 is 16.2 Å². The Bertz CT molecular complexity index is 595. The van der Waals surface area contributed by atoms with Gasteiger partial charge in [-0.2, -0.15) is 0 Å². The average Bonchev–Trinajstić information content (AvgIpc) is 2.77. The van der Waals surface area contributed by atoms with Crippen molar-refractivity contribution in [2.75, 3.05) is 17.6 Å². The number of nitrogens with zero attached hydrogens (tertiary/aromatic N) is 1. The van der Waals surface area contributed by atoms with Gasteiger partial charge in [0.05, 0.1) is 21.9 Å². The van der Waals surface area contributed by atoms with Crippen LogP contribution in [0.1, 0.15) is 21.1 Å². The van der Waals surface area contributed by atoms with Crippen LogP contribution in [0.5, 0.6) is 0 Å². The van der Waals surface area contributed by atoms with E-state index in [1.54, 1.807) is 23.5 Å². The summed E-state index contributed by atoms with van der Waals surface area (Å²) in [7, 11) is 0. The van der Waals surface area contributed by atoms with Crippen molar-refractivity contribution < 1.29 is 9.90 Å². The van der Waals surface area contributed by atoms with Gasteiger partial charge in [0.2, 0.25) is 0 Å². The van der Waals surface area contributed by atoms with Crippen LogP contribution >= 0.6 is 11.3 Å². The van der Waals surface area contributed by atoms with Crippen LogP contribution in [0.4, 0.5) is 11.4 Å². The predicted octanol–water partition coefficient (Wildman–Crippen LogP) is 2.39. The predicted molar refractivity (Wildman–Crippen MR) is 76.9 cm³/mol. The Morgan fingerprint density at radius 1 is 1.53 bits per heavy atom. The first-order chi connectivity index (χ1) is 9.06. The number of thiazole rings is 1. The molecule has 1 aromatic carbocycles. The number of aromatic nitrogens is 1. The lowest BCUT2D eigenvalue weighted by Crippen LogP contribution is -2.08. The zero-order valence-corrected chi connectivity index (χ0v) is 11.3. The van der Waals surface area contributed by atoms with E-state index in [1.807, 2.05) is 12.3 Å². The summed E-state index contributed by atoms with van der Waals surface area (Å²) in [5.41, 5.74) is 8.24. The third-order valence-corrected chi connectivity index (χ3v) is 3.65. The van der Waals surface area contributed by atoms with Crippen LogP contribution in [-0.4, -0.2) is 22.6 Å². The number of nitrogen functional groups attached to an aromatic ring is 1. The quantitative estimate of drug-likeness (QED) is 0.730. The van der Waals surface area contributed by atoms with Gasteiger partial charge in [-0.25, -0.2) is 9.78 Å². The smallest absolute Gasteiger partial charge is 0.335 e. The molecule has 0 spiro atoms. The minimum atomic E-state index is -0.960. The summed E-state index contributed by atoms with van der Waals surface area (Å²) < 4.78 is 0. The van der Waals surface area contributed by atoms with Crippen molar-refractivity contribution in [2.45, 2.75) is 13.3 Å². The molecule has 1 aromatic heterocycles. The number of carbonyl (C=O) groups is 1. The summed E-state index contributed by atoms with van der Waals surface area (Å²) in [6.45, 7) is 2.63. The van der Waals surface area contributed by atoms with Crippen molar-refractivity contribution >= 4 is 28.7 Å². The number of aromatic carboxylic acids is 1. The number of aryl methyl sites for hydroxylation is 1. The van der Waals surface area contributed by atoms with Gasteiger partial charge in [-0.1, -0.05) is 0 Å². The molecule has 6 heteroatoms. The number of nitrogens with two attached hydrogens (primary N) is 1. The molecule has 0 radical (unpaired) electrons. The summed E-state index contributed by atoms with van der Waals surface area (Å²) in [6, 6.07) is 4.64. The third-order valence-electron chi connectivity index (χ3n) is 2.62. The zero-order chi connectivity index (χ0) is 13.8. The fourth-order valence-corrected chi connectivity index (χ4v) is 2.44. The lowest BCUT2D eigenvalue weighted by Gasteiger charge is -2.09. The Labute approximate surface area is 115 Å². The first kappa shape index (κ1) is 13.4. The van der Waals surface area contributed by atoms with Crippen LogP contribution in [0.3, 0.4) is 0 Å². The van der Waals surface area contributed by atoms with E-state index in [-0.39, 0.29) is 5.56 Å². The van der Waals surface area contributed by atoms with Crippen molar-refractivity contribution in [3.63, 3.8) is 0 Å². The van der Waals surface area contributed by atoms with Crippen molar-refractivity contribution in [3.8, 4) is 0 Å². The van der Waals surface area contributed by atoms with Gasteiger partial charge in [-0.15, -0.1) is 11.3 Å². The maximum Gasteiger partial charge on any atom is 0.335 e. The molecular formula is C13H15N3O2S. The molecule has 2 aromatic rings. The minimum Gasteiger partial charge on any atom is -0.478 e. The molecule has 0 fully saturated rings. The molecule has 0 amide bonds. The molecule has 2 rings (SSSR count). The molecule has 5 nitrogen and oxygen atoms in total. The summed E-state index contributed by atoms with van der Waals surface area (Å²) >= 11 is 1.62. The average molecular weight is 277 g/mol. The van der Waals surface area contributed by atoms with Crippen molar-refractivity contribution in [3.05, 3.63) is 39.8 Å². The summed E-state index contributed by atoms with van der Waals surface area (Å²) in [4.78, 5) is 15.2. The largest absolute Gasteiger partial charge is 0.478 e. The molecular weight excluding hydrogens is 262 g/mol. The van der Waals surface area contributed by atoms with Crippen molar-refractivity contribution in [1.29, 1.82) is 0 Å². The molecule has 4 N–H and O–H groups in total. The van der Waals surface area contributed by atoms with E-state index in [1.165, 1.54) is 6.07 Å². The first-order valence-electron chi connectivity index (χ1n) is 5.84. The van der Waals surface area contributed by atoms with Gasteiger partial charge in [-0.05, 0) is 25.1 Å². The highest BCUT2D eigenvalue weighted by atomic mass is 32.1. The van der Waals surface area contributed by atoms with Gasteiger partial charge in [0.25, 0.3) is 0 Å². The topological polar surface area (TPSA) is 88.2 Å². The second-order valence-corrected chi connectivity index (χ2v) is 5.11. The van der Waals surface area contributed by atoms with Gasteiger partial charge in [-0.3, -0.25) is 0 Å². The molecule has 1 heterocycles. The highest BCUT2D eigenvalue weighted by Gasteiger charge is 2.06. The van der Waals surface area contributed by atoms with Crippen LogP contribution in [-0.2, 0) is 6.42 Å². The SMILES string of the molecule is Cc1csc(CCNc2cc(C(=O)O)ccc2N)n1. The second-order valence-electron chi connectivity index (χ2n) is 4.17. The highest BCUT2D eigenvalue weighted by Crippen LogP contribution is 2.20. The van der Waals surface area contributed by atoms with Crippen molar-refractivity contribution in [2.24, 2.45) is 0 Å². The number of rotatable bonds is 5. The molecule has 0 saturated heterocycles. The fourth-order valence-electron chi connectivity index (χ4n) is 1.66. The van der Waals surface area contributed by atoms with Crippen LogP contribution in [0.2, 0.25) is 0 Å². The number of benzene rings is 1. The molecule has 0 aliphatic rings. The third kappa shape index (κ3) is 3.45. The number of hydrogen-bond donors (Lipinski definition) is 3. The standard InChI is InChI=1S/C13H15N3O2S/c1-8-7-19-12(16-8)4-5-15-11-6-9(13(17)18)2-3-10(11)14/h2-3,6-7,15H,4-5,14H2,1H3,(H,17,18). The number of carboxylic acid groups (broad SMARTS) is 1. The van der Waals surface area contributed by atoms with Crippen molar-refractivity contribution in [1.82, 2.24) is 4.98 Å². The lowest BCUT2D eigenvalue weighted by molar-refractivity contribution is 0.0697. The Morgan fingerprint density at radius 3 is 2.95 bits per heavy atom. The van der Waals surface area contributed by atoms with E-state index in [0.29, 0.717) is 17.9 Å². The van der Waals surface area contributed by atoms with Crippen LogP contribution in [0.15, 0.2) is 23.6 Å². The molecule has 0 aliphatic heterocycles. The maximum absolute atomic E-state index is 10.9. The Hall–Kier alpha value is -2.08. The number of nitrogens with one attached hydrogen (secondary N) is 1. The van der Waals surface area contributed by atoms with Crippen LogP contribution in [0.25, 0.3) is 0 Å². The Kier molecular flexibility index (Phi) is 4.01. The minimum absolute atomic E-state index is 0.224. The zero-order valence-electron chi connectivity index (χ0n) is 10.5. The van der Waals surface area contributed by atoms with Crippen LogP contribution < -0.4 is 11.1 Å². The van der Waals surface area contributed by atoms with E-state index in [4.69, 9.17) is 10.8 Å². The van der Waals surface area contributed by atoms with Gasteiger partial charge >= 0.3 is 5.97 Å². The maximum atomic E-state index is 10.9. The number of hydrogen-bond acceptors (Lipinski definition) is 5. The van der Waals surface area contributed by atoms with Gasteiger partial charge in [0, 0.05) is 24.0 Å². The van der Waals surface area contributed by atoms with E-state index < -0.39 is 5.97 Å². The van der Waals surface area contributed by atoms with Gasteiger partial charge in [0.15, 0.2) is 0 Å². The normalized spacial score (nSPS) is 10.4. The lowest BCUT2D eigenvalue weighted by atomic mass is 10.1. The Balaban J connectivity index is 1.99. The first-order valence-corrected chi connectivity index (χ1v) is 6.72. The van der Waals surface area contributed by atoms with Crippen LogP contribution in [0, 0.1) is 6.92 Å². The number of anilines is 2. The van der Waals surface area contributed by atoms with E-state index in [9.17, 15) is 4.79 Å². The summed E-state index contributed by atoms with van der Waals surface area (Å²) in [6.07, 6.45) is 0.787. The summed E-state index contributed by atoms with van der Waals surface area (Å²) in [5, 5.41) is 15.1. The Morgan fingerprint density at radius 2 is 2.32 bits per heavy atom. The van der Waals surface area contributed by atoms with E-state index >= 15 is 0 Å². The molecule has 19 heavy (non-hydrogen) atoms. The highest BCUT2D eigenvalue weighted by molar-refractivity contribution is 7.09. The second kappa shape index (κ2) is 5.71. The molecule has 100 valence electrons. The fraction of sp³-hybridized carbons (Fsp3) is 0.231. The molecule has 0 saturated carbocycles. The summed E-state index contributed by atoms with van der Waals surface area (Å²) in [5.74, 6) is -0.960. The molecule has 0 bridgehead atoms. The van der Waals surface area contributed by atoms with Gasteiger partial charge in [0.1, 0.15) is 0 Å². The van der Waals surface area contributed by atoms with E-state index in [0.717, 1.165) is 17.1 Å².